The lowest BCUT2D eigenvalue weighted by Crippen LogP contribution is -2.21. The first-order valence-corrected chi connectivity index (χ1v) is 10.5. The minimum atomic E-state index is -0.643. The van der Waals surface area contributed by atoms with Gasteiger partial charge in [-0.25, -0.2) is 4.79 Å². The predicted octanol–water partition coefficient (Wildman–Crippen LogP) is 4.32. The molecule has 0 aliphatic rings. The average molecular weight is 446 g/mol. The molecule has 8 nitrogen and oxygen atoms in total. The molecular formula is C24H31NO7. The summed E-state index contributed by atoms with van der Waals surface area (Å²) in [6.45, 7) is 8.85. The van der Waals surface area contributed by atoms with Gasteiger partial charge in [-0.3, -0.25) is 4.79 Å². The first-order chi connectivity index (χ1) is 15.4. The number of esters is 1. The molecule has 0 fully saturated rings. The molecule has 174 valence electrons. The summed E-state index contributed by atoms with van der Waals surface area (Å²) >= 11 is 0. The molecule has 2 aromatic rings. The van der Waals surface area contributed by atoms with Crippen LogP contribution in [0.3, 0.4) is 0 Å². The van der Waals surface area contributed by atoms with Crippen molar-refractivity contribution in [3.05, 3.63) is 42.0 Å². The Morgan fingerprint density at radius 2 is 1.53 bits per heavy atom. The summed E-state index contributed by atoms with van der Waals surface area (Å²) in [5.74, 6) is 1.30. The standard InChI is InChI=1S/C24H31NO7/c1-6-29-20-11-9-18(13-22(20)30-7-2)25-23(26)15-32-24(27)17-8-10-19(21(12-17)28-5)31-14-16(3)4/h8-13,16H,6-7,14-15H2,1-5H3,(H,25,26). The van der Waals surface area contributed by atoms with E-state index in [1.807, 2.05) is 27.7 Å². The Morgan fingerprint density at radius 1 is 0.875 bits per heavy atom. The van der Waals surface area contributed by atoms with Gasteiger partial charge >= 0.3 is 5.97 Å². The maximum absolute atomic E-state index is 12.4. The zero-order chi connectivity index (χ0) is 23.5. The summed E-state index contributed by atoms with van der Waals surface area (Å²) in [5, 5.41) is 2.68. The molecule has 0 saturated heterocycles. The van der Waals surface area contributed by atoms with Crippen molar-refractivity contribution >= 4 is 17.6 Å². The quantitative estimate of drug-likeness (QED) is 0.486. The molecule has 0 saturated carbocycles. The topological polar surface area (TPSA) is 92.3 Å². The number of amides is 1. The fourth-order valence-corrected chi connectivity index (χ4v) is 2.71. The van der Waals surface area contributed by atoms with Gasteiger partial charge in [0.2, 0.25) is 0 Å². The molecule has 0 unspecified atom stereocenters. The van der Waals surface area contributed by atoms with Crippen LogP contribution in [0.25, 0.3) is 0 Å². The molecule has 1 N–H and O–H groups in total. The van der Waals surface area contributed by atoms with Gasteiger partial charge in [0, 0.05) is 11.8 Å². The average Bonchev–Trinajstić information content (AvgIpc) is 2.78. The zero-order valence-corrected chi connectivity index (χ0v) is 19.2. The van der Waals surface area contributed by atoms with Crippen molar-refractivity contribution in [3.8, 4) is 23.0 Å². The van der Waals surface area contributed by atoms with Crippen LogP contribution < -0.4 is 24.3 Å². The van der Waals surface area contributed by atoms with E-state index < -0.39 is 18.5 Å². The number of benzene rings is 2. The van der Waals surface area contributed by atoms with E-state index in [9.17, 15) is 9.59 Å². The number of carbonyl (C=O) groups is 2. The molecular weight excluding hydrogens is 414 g/mol. The highest BCUT2D eigenvalue weighted by Crippen LogP contribution is 2.31. The lowest BCUT2D eigenvalue weighted by molar-refractivity contribution is -0.119. The normalized spacial score (nSPS) is 10.4. The highest BCUT2D eigenvalue weighted by atomic mass is 16.5. The van der Waals surface area contributed by atoms with Crippen molar-refractivity contribution < 1.29 is 33.3 Å². The minimum Gasteiger partial charge on any atom is -0.493 e. The summed E-state index contributed by atoms with van der Waals surface area (Å²) < 4.78 is 27.2. The molecule has 0 aliphatic carbocycles. The van der Waals surface area contributed by atoms with E-state index in [1.165, 1.54) is 13.2 Å². The van der Waals surface area contributed by atoms with E-state index in [1.54, 1.807) is 30.3 Å². The van der Waals surface area contributed by atoms with E-state index in [-0.39, 0.29) is 5.56 Å². The largest absolute Gasteiger partial charge is 0.493 e. The second-order valence-electron chi connectivity index (χ2n) is 7.22. The van der Waals surface area contributed by atoms with E-state index in [2.05, 4.69) is 5.32 Å². The number of methoxy groups -OCH3 is 1. The Bertz CT molecular complexity index is 911. The molecule has 1 amide bonds. The van der Waals surface area contributed by atoms with Gasteiger partial charge in [-0.2, -0.15) is 0 Å². The van der Waals surface area contributed by atoms with Gasteiger partial charge in [-0.05, 0) is 50.1 Å². The van der Waals surface area contributed by atoms with Crippen LogP contribution in [0.15, 0.2) is 36.4 Å². The second-order valence-corrected chi connectivity index (χ2v) is 7.22. The fourth-order valence-electron chi connectivity index (χ4n) is 2.71. The molecule has 0 aromatic heterocycles. The molecule has 32 heavy (non-hydrogen) atoms. The molecule has 0 spiro atoms. The minimum absolute atomic E-state index is 0.256. The number of anilines is 1. The van der Waals surface area contributed by atoms with Crippen LogP contribution in [0.4, 0.5) is 5.69 Å². The van der Waals surface area contributed by atoms with Crippen molar-refractivity contribution in [2.24, 2.45) is 5.92 Å². The van der Waals surface area contributed by atoms with Gasteiger partial charge in [-0.1, -0.05) is 13.8 Å². The molecule has 0 atom stereocenters. The Kier molecular flexibility index (Phi) is 9.66. The maximum atomic E-state index is 12.4. The number of ether oxygens (including phenoxy) is 5. The molecule has 2 rings (SSSR count). The maximum Gasteiger partial charge on any atom is 0.338 e. The van der Waals surface area contributed by atoms with Crippen LogP contribution in [-0.2, 0) is 9.53 Å². The van der Waals surface area contributed by atoms with Crippen LogP contribution >= 0.6 is 0 Å². The summed E-state index contributed by atoms with van der Waals surface area (Å²) in [6, 6.07) is 9.80. The predicted molar refractivity (Wildman–Crippen MR) is 121 cm³/mol. The number of rotatable bonds is 12. The van der Waals surface area contributed by atoms with Crippen molar-refractivity contribution in [3.63, 3.8) is 0 Å². The van der Waals surface area contributed by atoms with Crippen LogP contribution in [0.2, 0.25) is 0 Å². The number of hydrogen-bond acceptors (Lipinski definition) is 7. The van der Waals surface area contributed by atoms with Crippen LogP contribution in [0.1, 0.15) is 38.1 Å². The molecule has 2 aromatic carbocycles. The van der Waals surface area contributed by atoms with Gasteiger partial charge in [0.05, 0.1) is 32.5 Å². The second kappa shape index (κ2) is 12.4. The van der Waals surface area contributed by atoms with E-state index in [4.69, 9.17) is 23.7 Å². The Labute approximate surface area is 188 Å². The third kappa shape index (κ3) is 7.37. The third-order valence-electron chi connectivity index (χ3n) is 4.13. The van der Waals surface area contributed by atoms with Crippen molar-refractivity contribution in [2.75, 3.05) is 38.9 Å². The summed E-state index contributed by atoms with van der Waals surface area (Å²) in [4.78, 5) is 24.6. The Morgan fingerprint density at radius 3 is 2.19 bits per heavy atom. The Balaban J connectivity index is 1.96. The van der Waals surface area contributed by atoms with Crippen molar-refractivity contribution in [2.45, 2.75) is 27.7 Å². The van der Waals surface area contributed by atoms with Gasteiger partial charge in [0.25, 0.3) is 5.91 Å². The lowest BCUT2D eigenvalue weighted by Gasteiger charge is -2.14. The van der Waals surface area contributed by atoms with Crippen LogP contribution in [0.5, 0.6) is 23.0 Å². The van der Waals surface area contributed by atoms with Gasteiger partial charge in [-0.15, -0.1) is 0 Å². The van der Waals surface area contributed by atoms with E-state index >= 15 is 0 Å². The molecule has 0 heterocycles. The summed E-state index contributed by atoms with van der Waals surface area (Å²) in [6.07, 6.45) is 0. The SMILES string of the molecule is CCOc1ccc(NC(=O)COC(=O)c2ccc(OCC(C)C)c(OC)c2)cc1OCC. The van der Waals surface area contributed by atoms with E-state index in [0.717, 1.165) is 0 Å². The molecule has 0 aliphatic heterocycles. The lowest BCUT2D eigenvalue weighted by atomic mass is 10.2. The summed E-state index contributed by atoms with van der Waals surface area (Å²) in [5.41, 5.74) is 0.762. The number of nitrogens with one attached hydrogen (secondary N) is 1. The number of carbonyl (C=O) groups excluding carboxylic acids is 2. The molecule has 0 bridgehead atoms. The van der Waals surface area contributed by atoms with Gasteiger partial charge in [0.15, 0.2) is 29.6 Å². The van der Waals surface area contributed by atoms with Gasteiger partial charge in [0.1, 0.15) is 0 Å². The monoisotopic (exact) mass is 445 g/mol. The fraction of sp³-hybridized carbons (Fsp3) is 0.417. The summed E-state index contributed by atoms with van der Waals surface area (Å²) in [7, 11) is 1.49. The van der Waals surface area contributed by atoms with Crippen LogP contribution in [-0.4, -0.2) is 45.4 Å². The zero-order valence-electron chi connectivity index (χ0n) is 19.2. The smallest absolute Gasteiger partial charge is 0.338 e. The first kappa shape index (κ1) is 24.8. The molecule has 0 radical (unpaired) electrons. The highest BCUT2D eigenvalue weighted by Gasteiger charge is 2.15. The van der Waals surface area contributed by atoms with Crippen LogP contribution in [0, 0.1) is 5.92 Å². The van der Waals surface area contributed by atoms with Crippen molar-refractivity contribution in [1.29, 1.82) is 0 Å². The van der Waals surface area contributed by atoms with E-state index in [0.29, 0.717) is 54.4 Å². The highest BCUT2D eigenvalue weighted by molar-refractivity contribution is 5.96. The Hall–Kier alpha value is -3.42. The number of hydrogen-bond donors (Lipinski definition) is 1. The first-order valence-electron chi connectivity index (χ1n) is 10.5. The molecule has 8 heteroatoms. The third-order valence-corrected chi connectivity index (χ3v) is 4.13. The van der Waals surface area contributed by atoms with Crippen molar-refractivity contribution in [1.82, 2.24) is 0 Å². The van der Waals surface area contributed by atoms with Gasteiger partial charge < -0.3 is 29.0 Å².